The Morgan fingerprint density at radius 3 is 2.83 bits per heavy atom. The summed E-state index contributed by atoms with van der Waals surface area (Å²) in [7, 11) is 0. The van der Waals surface area contributed by atoms with Crippen molar-refractivity contribution in [1.29, 1.82) is 0 Å². The van der Waals surface area contributed by atoms with Gasteiger partial charge in [-0.05, 0) is 30.0 Å². The van der Waals surface area contributed by atoms with E-state index in [-0.39, 0.29) is 0 Å². The fraction of sp³-hybridized carbons (Fsp3) is 0.250. The van der Waals surface area contributed by atoms with Gasteiger partial charge in [-0.15, -0.1) is 0 Å². The van der Waals surface area contributed by atoms with Crippen LogP contribution in [0.2, 0.25) is 0 Å². The molecule has 0 aromatic rings. The Morgan fingerprint density at radius 2 is 2.67 bits per heavy atom. The molecule has 0 radical (unpaired) electrons. The van der Waals surface area contributed by atoms with Gasteiger partial charge < -0.3 is 4.18 Å². The Bertz CT molecular complexity index is 104. The molecular formula is C4H6OS. The predicted octanol–water partition coefficient (Wildman–Crippen LogP) is 1.10. The van der Waals surface area contributed by atoms with Crippen LogP contribution in [0.3, 0.4) is 0 Å². The Hall–Kier alpha value is -0.240. The minimum atomic E-state index is 0.968. The summed E-state index contributed by atoms with van der Waals surface area (Å²) in [5.41, 5.74) is 0. The minimum absolute atomic E-state index is 0.968. The predicted molar refractivity (Wildman–Crippen MR) is 29.9 cm³/mol. The van der Waals surface area contributed by atoms with Crippen LogP contribution in [0, 0.1) is 0 Å². The van der Waals surface area contributed by atoms with Crippen molar-refractivity contribution in [1.82, 2.24) is 0 Å². The highest BCUT2D eigenvalue weighted by molar-refractivity contribution is 7.93. The van der Waals surface area contributed by atoms with Gasteiger partial charge in [0.2, 0.25) is 0 Å². The molecule has 1 nitrogen and oxygen atoms in total. The van der Waals surface area contributed by atoms with Crippen LogP contribution in [0.1, 0.15) is 6.92 Å². The second-order valence-electron chi connectivity index (χ2n) is 1.12. The first-order valence-electron chi connectivity index (χ1n) is 1.77. The van der Waals surface area contributed by atoms with E-state index in [0.29, 0.717) is 0 Å². The van der Waals surface area contributed by atoms with E-state index >= 15 is 0 Å². The quantitative estimate of drug-likeness (QED) is 0.356. The molecule has 1 heterocycles. The smallest absolute Gasteiger partial charge is 0.110 e. The van der Waals surface area contributed by atoms with Crippen molar-refractivity contribution >= 4 is 17.0 Å². The largest absolute Gasteiger partial charge is 0.442 e. The molecule has 0 N–H and O–H groups in total. The zero-order valence-corrected chi connectivity index (χ0v) is 4.40. The van der Waals surface area contributed by atoms with Gasteiger partial charge in [0.05, 0.1) is 0 Å². The van der Waals surface area contributed by atoms with Gasteiger partial charge in [0.1, 0.15) is 5.76 Å². The van der Waals surface area contributed by atoms with Crippen LogP contribution in [0.4, 0.5) is 0 Å². The molecule has 0 saturated carbocycles. The standard InChI is InChI=1S/C4H6OS/c1-4-2-3-6-5-4/h2-3,6H,1H3. The van der Waals surface area contributed by atoms with Crippen LogP contribution in [0.25, 0.3) is 0 Å². The van der Waals surface area contributed by atoms with Crippen LogP contribution in [-0.2, 0) is 4.18 Å². The maximum absolute atomic E-state index is 4.93. The summed E-state index contributed by atoms with van der Waals surface area (Å²) >= 11 is 0.968. The summed E-state index contributed by atoms with van der Waals surface area (Å²) in [5.74, 6) is 1.01. The number of hydrogen-bond donors (Lipinski definition) is 1. The molecule has 0 bridgehead atoms. The zero-order valence-electron chi connectivity index (χ0n) is 3.51. The lowest BCUT2D eigenvalue weighted by molar-refractivity contribution is 0.515. The average molecular weight is 102 g/mol. The van der Waals surface area contributed by atoms with E-state index in [0.717, 1.165) is 17.4 Å². The summed E-state index contributed by atoms with van der Waals surface area (Å²) in [5, 5.41) is 1.97. The molecule has 1 aliphatic rings. The van der Waals surface area contributed by atoms with Gasteiger partial charge in [0.15, 0.2) is 0 Å². The van der Waals surface area contributed by atoms with Gasteiger partial charge in [-0.2, -0.15) is 0 Å². The molecule has 0 amide bonds. The molecule has 0 aromatic carbocycles. The van der Waals surface area contributed by atoms with Gasteiger partial charge in [0, 0.05) is 0 Å². The molecule has 1 aliphatic heterocycles. The first-order valence-corrected chi connectivity index (χ1v) is 2.65. The fourth-order valence-electron chi connectivity index (χ4n) is 0.279. The second-order valence-corrected chi connectivity index (χ2v) is 1.81. The van der Waals surface area contributed by atoms with E-state index in [1.54, 1.807) is 0 Å². The van der Waals surface area contributed by atoms with Crippen molar-refractivity contribution in [2.24, 2.45) is 0 Å². The summed E-state index contributed by atoms with van der Waals surface area (Å²) in [6.07, 6.45) is 1.96. The van der Waals surface area contributed by atoms with E-state index < -0.39 is 0 Å². The van der Waals surface area contributed by atoms with E-state index in [1.807, 2.05) is 18.4 Å². The maximum Gasteiger partial charge on any atom is 0.110 e. The third kappa shape index (κ3) is 0.627. The van der Waals surface area contributed by atoms with Gasteiger partial charge in [0.25, 0.3) is 0 Å². The summed E-state index contributed by atoms with van der Waals surface area (Å²) in [6.45, 7) is 1.94. The van der Waals surface area contributed by atoms with E-state index in [1.165, 1.54) is 0 Å². The lowest BCUT2D eigenvalue weighted by Gasteiger charge is -1.85. The zero-order chi connectivity index (χ0) is 4.41. The fourth-order valence-corrected chi connectivity index (χ4v) is 0.838. The second kappa shape index (κ2) is 1.47. The highest BCUT2D eigenvalue weighted by Gasteiger charge is 1.85. The van der Waals surface area contributed by atoms with Crippen molar-refractivity contribution < 1.29 is 4.18 Å². The number of allylic oxidation sites excluding steroid dienone is 2. The highest BCUT2D eigenvalue weighted by atomic mass is 32.2. The van der Waals surface area contributed by atoms with Crippen molar-refractivity contribution in [2.75, 3.05) is 0 Å². The van der Waals surface area contributed by atoms with Crippen LogP contribution in [0.5, 0.6) is 0 Å². The van der Waals surface area contributed by atoms with E-state index in [9.17, 15) is 0 Å². The SMILES string of the molecule is CC1=CC=[SH]O1. The molecule has 6 heavy (non-hydrogen) atoms. The third-order valence-electron chi connectivity index (χ3n) is 0.567. The lowest BCUT2D eigenvalue weighted by atomic mass is 10.5. The molecule has 0 aliphatic carbocycles. The van der Waals surface area contributed by atoms with E-state index in [2.05, 4.69) is 0 Å². The molecule has 0 fully saturated rings. The minimum Gasteiger partial charge on any atom is -0.442 e. The van der Waals surface area contributed by atoms with Gasteiger partial charge in [-0.1, -0.05) is 0 Å². The van der Waals surface area contributed by atoms with Crippen LogP contribution in [-0.4, -0.2) is 5.37 Å². The first kappa shape index (κ1) is 3.93. The molecule has 2 heteroatoms. The Kier molecular flexibility index (Phi) is 0.965. The normalized spacial score (nSPS) is 18.5. The van der Waals surface area contributed by atoms with Gasteiger partial charge in [-0.3, -0.25) is 0 Å². The Balaban J connectivity index is 2.61. The Morgan fingerprint density at radius 1 is 1.83 bits per heavy atom. The molecule has 1 rings (SSSR count). The molecule has 0 aromatic heterocycles. The molecule has 34 valence electrons. The highest BCUT2D eigenvalue weighted by Crippen LogP contribution is 2.06. The van der Waals surface area contributed by atoms with Crippen molar-refractivity contribution in [3.05, 3.63) is 11.8 Å². The topological polar surface area (TPSA) is 9.23 Å². The third-order valence-corrected chi connectivity index (χ3v) is 1.23. The van der Waals surface area contributed by atoms with Crippen LogP contribution >= 0.6 is 11.6 Å². The summed E-state index contributed by atoms with van der Waals surface area (Å²) < 4.78 is 4.93. The molecule has 0 saturated heterocycles. The van der Waals surface area contributed by atoms with Gasteiger partial charge in [-0.25, -0.2) is 0 Å². The van der Waals surface area contributed by atoms with Crippen LogP contribution < -0.4 is 0 Å². The molecule has 0 unspecified atom stereocenters. The van der Waals surface area contributed by atoms with Gasteiger partial charge >= 0.3 is 0 Å². The number of thiol groups is 1. The maximum atomic E-state index is 4.93. The average Bonchev–Trinajstić information content (AvgIpc) is 1.86. The summed E-state index contributed by atoms with van der Waals surface area (Å²) in [6, 6.07) is 0. The monoisotopic (exact) mass is 102 g/mol. The molecule has 0 spiro atoms. The van der Waals surface area contributed by atoms with Crippen molar-refractivity contribution in [3.63, 3.8) is 0 Å². The molecular weight excluding hydrogens is 96.1 g/mol. The van der Waals surface area contributed by atoms with Crippen molar-refractivity contribution in [2.45, 2.75) is 6.92 Å². The van der Waals surface area contributed by atoms with E-state index in [4.69, 9.17) is 4.18 Å². The number of hydrogen-bond acceptors (Lipinski definition) is 1. The first-order chi connectivity index (χ1) is 2.89. The summed E-state index contributed by atoms with van der Waals surface area (Å²) in [4.78, 5) is 0. The number of rotatable bonds is 0. The Labute approximate surface area is 40.8 Å². The van der Waals surface area contributed by atoms with Crippen molar-refractivity contribution in [3.8, 4) is 0 Å². The lowest BCUT2D eigenvalue weighted by Crippen LogP contribution is -1.62. The molecule has 0 atom stereocenters. The van der Waals surface area contributed by atoms with Crippen LogP contribution in [0.15, 0.2) is 11.8 Å².